The van der Waals surface area contributed by atoms with Gasteiger partial charge in [0.25, 0.3) is 0 Å². The van der Waals surface area contributed by atoms with Crippen LogP contribution in [-0.4, -0.2) is 17.4 Å². The summed E-state index contributed by atoms with van der Waals surface area (Å²) in [5, 5.41) is 0. The summed E-state index contributed by atoms with van der Waals surface area (Å²) in [6, 6.07) is 0. The average Bonchev–Trinajstić information content (AvgIpc) is 2.80. The molecule has 1 saturated heterocycles. The van der Waals surface area contributed by atoms with Crippen molar-refractivity contribution in [2.24, 2.45) is 11.8 Å². The van der Waals surface area contributed by atoms with Crippen molar-refractivity contribution < 1.29 is 0 Å². The molecule has 1 atom stereocenters. The van der Waals surface area contributed by atoms with E-state index in [2.05, 4.69) is 17.8 Å². The second-order valence-corrected chi connectivity index (χ2v) is 6.25. The molecule has 0 aromatic carbocycles. The molecule has 1 aliphatic carbocycles. The van der Waals surface area contributed by atoms with Crippen LogP contribution in [-0.2, 0) is 0 Å². The zero-order valence-corrected chi connectivity index (χ0v) is 11.0. The van der Waals surface area contributed by atoms with Crippen molar-refractivity contribution >= 4 is 23.4 Å². The fourth-order valence-electron chi connectivity index (χ4n) is 2.75. The maximum atomic E-state index is 6.10. The molecule has 0 nitrogen and oxygen atoms in total. The summed E-state index contributed by atoms with van der Waals surface area (Å²) in [7, 11) is 0. The van der Waals surface area contributed by atoms with Gasteiger partial charge in [0.2, 0.25) is 0 Å². The van der Waals surface area contributed by atoms with Crippen LogP contribution in [0.25, 0.3) is 0 Å². The zero-order valence-electron chi connectivity index (χ0n) is 9.38. The topological polar surface area (TPSA) is 0 Å². The minimum absolute atomic E-state index is 0.770. The van der Waals surface area contributed by atoms with Crippen molar-refractivity contribution in [1.82, 2.24) is 0 Å². The molecule has 0 N–H and O–H groups in total. The summed E-state index contributed by atoms with van der Waals surface area (Å²) in [6.45, 7) is 0. The van der Waals surface area contributed by atoms with Crippen LogP contribution in [0.1, 0.15) is 38.5 Å². The van der Waals surface area contributed by atoms with E-state index >= 15 is 0 Å². The molecule has 1 unspecified atom stereocenters. The molecule has 2 rings (SSSR count). The second kappa shape index (κ2) is 6.20. The highest BCUT2D eigenvalue weighted by molar-refractivity contribution is 7.99. The van der Waals surface area contributed by atoms with Crippen molar-refractivity contribution in [2.75, 3.05) is 17.4 Å². The van der Waals surface area contributed by atoms with Crippen LogP contribution in [0.5, 0.6) is 0 Å². The molecule has 0 radical (unpaired) electrons. The van der Waals surface area contributed by atoms with E-state index in [1.165, 1.54) is 50.0 Å². The first-order valence-electron chi connectivity index (χ1n) is 6.24. The molecule has 0 aromatic heterocycles. The monoisotopic (exact) mass is 244 g/mol. The molecule has 0 aromatic rings. The van der Waals surface area contributed by atoms with Gasteiger partial charge in [0, 0.05) is 5.88 Å². The van der Waals surface area contributed by atoms with Crippen molar-refractivity contribution in [3.63, 3.8) is 0 Å². The second-order valence-electron chi connectivity index (χ2n) is 4.83. The summed E-state index contributed by atoms with van der Waals surface area (Å²) < 4.78 is 0. The van der Waals surface area contributed by atoms with E-state index < -0.39 is 0 Å². The first-order chi connectivity index (χ1) is 7.40. The normalized spacial score (nSPS) is 29.7. The summed E-state index contributed by atoms with van der Waals surface area (Å²) in [4.78, 5) is 0. The third-order valence-corrected chi connectivity index (χ3v) is 5.20. The Morgan fingerprint density at radius 2 is 2.00 bits per heavy atom. The predicted molar refractivity (Wildman–Crippen MR) is 70.8 cm³/mol. The molecule has 0 spiro atoms. The molecule has 1 aliphatic heterocycles. The van der Waals surface area contributed by atoms with Crippen LogP contribution in [0, 0.1) is 11.8 Å². The Hall–Kier alpha value is 0.380. The Kier molecular flexibility index (Phi) is 4.90. The van der Waals surface area contributed by atoms with Gasteiger partial charge in [-0.1, -0.05) is 30.9 Å². The Balaban J connectivity index is 1.94. The first-order valence-corrected chi connectivity index (χ1v) is 7.93. The number of hydrogen-bond acceptors (Lipinski definition) is 1. The van der Waals surface area contributed by atoms with E-state index in [4.69, 9.17) is 11.6 Å². The van der Waals surface area contributed by atoms with Gasteiger partial charge in [0.05, 0.1) is 0 Å². The first kappa shape index (κ1) is 11.9. The molecule has 86 valence electrons. The molecule has 2 aliphatic rings. The molecular weight excluding hydrogens is 224 g/mol. The highest BCUT2D eigenvalue weighted by Crippen LogP contribution is 2.33. The number of halogens is 1. The minimum Gasteiger partial charge on any atom is -0.161 e. The fourth-order valence-corrected chi connectivity index (χ4v) is 4.26. The van der Waals surface area contributed by atoms with E-state index in [9.17, 15) is 0 Å². The highest BCUT2D eigenvalue weighted by Gasteiger charge is 2.20. The summed E-state index contributed by atoms with van der Waals surface area (Å²) in [6.07, 6.45) is 10.9. The summed E-state index contributed by atoms with van der Waals surface area (Å²) >= 11 is 8.20. The van der Waals surface area contributed by atoms with Gasteiger partial charge < -0.3 is 0 Å². The molecule has 0 bridgehead atoms. The Morgan fingerprint density at radius 3 is 2.60 bits per heavy atom. The third-order valence-electron chi connectivity index (χ3n) is 3.70. The SMILES string of the molecule is ClCC(=CC1CCSC1)C1CCCCC1. The third kappa shape index (κ3) is 3.42. The van der Waals surface area contributed by atoms with E-state index in [-0.39, 0.29) is 0 Å². The average molecular weight is 245 g/mol. The summed E-state index contributed by atoms with van der Waals surface area (Å²) in [5.74, 6) is 5.09. The lowest BCUT2D eigenvalue weighted by Gasteiger charge is -2.24. The van der Waals surface area contributed by atoms with Crippen LogP contribution >= 0.6 is 23.4 Å². The van der Waals surface area contributed by atoms with Gasteiger partial charge in [-0.25, -0.2) is 0 Å². The lowest BCUT2D eigenvalue weighted by molar-refractivity contribution is 0.401. The Bertz CT molecular complexity index is 213. The maximum Gasteiger partial charge on any atom is 0.0436 e. The highest BCUT2D eigenvalue weighted by atomic mass is 35.5. The van der Waals surface area contributed by atoms with Crippen LogP contribution < -0.4 is 0 Å². The van der Waals surface area contributed by atoms with Crippen molar-refractivity contribution in [3.8, 4) is 0 Å². The van der Waals surface area contributed by atoms with Gasteiger partial charge in [-0.15, -0.1) is 11.6 Å². The van der Waals surface area contributed by atoms with Gasteiger partial charge in [0.15, 0.2) is 0 Å². The molecule has 1 saturated carbocycles. The van der Waals surface area contributed by atoms with E-state index in [0.29, 0.717) is 0 Å². The number of thioether (sulfide) groups is 1. The van der Waals surface area contributed by atoms with Gasteiger partial charge in [-0.05, 0) is 42.6 Å². The van der Waals surface area contributed by atoms with Crippen molar-refractivity contribution in [1.29, 1.82) is 0 Å². The fraction of sp³-hybridized carbons (Fsp3) is 0.846. The zero-order chi connectivity index (χ0) is 10.5. The number of hydrogen-bond donors (Lipinski definition) is 0. The number of allylic oxidation sites excluding steroid dienone is 2. The van der Waals surface area contributed by atoms with Crippen molar-refractivity contribution in [3.05, 3.63) is 11.6 Å². The van der Waals surface area contributed by atoms with E-state index in [1.54, 1.807) is 5.57 Å². The van der Waals surface area contributed by atoms with Crippen LogP contribution in [0.4, 0.5) is 0 Å². The largest absolute Gasteiger partial charge is 0.161 e. The van der Waals surface area contributed by atoms with Gasteiger partial charge in [0.1, 0.15) is 0 Å². The Morgan fingerprint density at radius 1 is 1.20 bits per heavy atom. The van der Waals surface area contributed by atoms with Gasteiger partial charge in [-0.2, -0.15) is 11.8 Å². The molecule has 15 heavy (non-hydrogen) atoms. The number of rotatable bonds is 3. The lowest BCUT2D eigenvalue weighted by Crippen LogP contribution is -2.12. The number of alkyl halides is 1. The van der Waals surface area contributed by atoms with Crippen LogP contribution in [0.15, 0.2) is 11.6 Å². The maximum absolute atomic E-state index is 6.10. The molecular formula is C13H21ClS. The smallest absolute Gasteiger partial charge is 0.0436 e. The molecule has 2 fully saturated rings. The summed E-state index contributed by atoms with van der Waals surface area (Å²) in [5.41, 5.74) is 1.56. The quantitative estimate of drug-likeness (QED) is 0.521. The molecule has 0 amide bonds. The molecule has 1 heterocycles. The molecule has 2 heteroatoms. The van der Waals surface area contributed by atoms with Crippen LogP contribution in [0.2, 0.25) is 0 Å². The van der Waals surface area contributed by atoms with Gasteiger partial charge >= 0.3 is 0 Å². The van der Waals surface area contributed by atoms with Crippen molar-refractivity contribution in [2.45, 2.75) is 38.5 Å². The Labute approximate surface area is 103 Å². The van der Waals surface area contributed by atoms with E-state index in [0.717, 1.165) is 17.7 Å². The minimum atomic E-state index is 0.770. The van der Waals surface area contributed by atoms with Crippen LogP contribution in [0.3, 0.4) is 0 Å². The van der Waals surface area contributed by atoms with E-state index in [1.807, 2.05) is 0 Å². The standard InChI is InChI=1S/C13H21ClS/c14-9-13(8-11-6-7-15-10-11)12-4-2-1-3-5-12/h8,11-12H,1-7,9-10H2. The van der Waals surface area contributed by atoms with Gasteiger partial charge in [-0.3, -0.25) is 0 Å². The predicted octanol–water partition coefficient (Wildman–Crippen LogP) is 4.49. The lowest BCUT2D eigenvalue weighted by atomic mass is 9.83.